The van der Waals surface area contributed by atoms with Crippen molar-refractivity contribution in [1.82, 2.24) is 4.98 Å². The molecule has 1 aliphatic rings. The lowest BCUT2D eigenvalue weighted by Gasteiger charge is -2.10. The minimum atomic E-state index is -0.693. The van der Waals surface area contributed by atoms with Crippen LogP contribution in [0.1, 0.15) is 19.8 Å². The molecule has 1 aromatic rings. The topological polar surface area (TPSA) is 46.2 Å². The number of aromatic nitrogens is 1. The molecule has 1 fully saturated rings. The first kappa shape index (κ1) is 14.0. The van der Waals surface area contributed by atoms with Gasteiger partial charge < -0.3 is 15.4 Å². The van der Waals surface area contributed by atoms with E-state index in [0.717, 1.165) is 12.7 Å². The van der Waals surface area contributed by atoms with Crippen molar-refractivity contribution in [3.8, 4) is 0 Å². The maximum absolute atomic E-state index is 13.5. The zero-order valence-electron chi connectivity index (χ0n) is 11.0. The standard InChI is InChI=1S/C13H19F2N3O/c1-2-16-12-10(14)7-11(15)13(18-12)17-5-6-19-8-9-3-4-9/h7,9H,2-6,8H2,1H3,(H2,16,17,18). The van der Waals surface area contributed by atoms with E-state index in [1.54, 1.807) is 0 Å². The van der Waals surface area contributed by atoms with E-state index >= 15 is 0 Å². The van der Waals surface area contributed by atoms with Gasteiger partial charge in [0.05, 0.1) is 6.61 Å². The summed E-state index contributed by atoms with van der Waals surface area (Å²) < 4.78 is 32.2. The third-order valence-electron chi connectivity index (χ3n) is 2.86. The van der Waals surface area contributed by atoms with Crippen molar-refractivity contribution in [1.29, 1.82) is 0 Å². The molecule has 1 aliphatic carbocycles. The highest BCUT2D eigenvalue weighted by molar-refractivity contribution is 5.47. The lowest BCUT2D eigenvalue weighted by Crippen LogP contribution is -2.14. The van der Waals surface area contributed by atoms with Crippen molar-refractivity contribution >= 4 is 11.6 Å². The molecular formula is C13H19F2N3O. The lowest BCUT2D eigenvalue weighted by atomic mass is 10.4. The molecule has 19 heavy (non-hydrogen) atoms. The maximum atomic E-state index is 13.5. The minimum Gasteiger partial charge on any atom is -0.379 e. The minimum absolute atomic E-state index is 0.0485. The van der Waals surface area contributed by atoms with E-state index in [4.69, 9.17) is 4.74 Å². The summed E-state index contributed by atoms with van der Waals surface area (Å²) >= 11 is 0. The van der Waals surface area contributed by atoms with Crippen LogP contribution in [0.4, 0.5) is 20.4 Å². The van der Waals surface area contributed by atoms with Crippen molar-refractivity contribution in [3.63, 3.8) is 0 Å². The average molecular weight is 271 g/mol. The fourth-order valence-corrected chi connectivity index (χ4v) is 1.66. The van der Waals surface area contributed by atoms with Crippen molar-refractivity contribution < 1.29 is 13.5 Å². The fraction of sp³-hybridized carbons (Fsp3) is 0.615. The van der Waals surface area contributed by atoms with Crippen LogP contribution in [0, 0.1) is 17.6 Å². The van der Waals surface area contributed by atoms with Crippen molar-refractivity contribution in [2.75, 3.05) is 36.9 Å². The summed E-state index contributed by atoms with van der Waals surface area (Å²) in [6.07, 6.45) is 2.49. The normalized spacial score (nSPS) is 14.5. The average Bonchev–Trinajstić information content (AvgIpc) is 3.18. The van der Waals surface area contributed by atoms with Crippen LogP contribution in [0.25, 0.3) is 0 Å². The second-order valence-corrected chi connectivity index (χ2v) is 4.62. The van der Waals surface area contributed by atoms with Crippen LogP contribution in [0.15, 0.2) is 6.07 Å². The molecule has 0 spiro atoms. The van der Waals surface area contributed by atoms with Crippen LogP contribution in [0.5, 0.6) is 0 Å². The zero-order chi connectivity index (χ0) is 13.7. The summed E-state index contributed by atoms with van der Waals surface area (Å²) in [6.45, 7) is 4.06. The molecule has 106 valence electrons. The molecule has 1 saturated carbocycles. The van der Waals surface area contributed by atoms with Gasteiger partial charge in [-0.3, -0.25) is 0 Å². The van der Waals surface area contributed by atoms with Gasteiger partial charge in [0.15, 0.2) is 23.3 Å². The van der Waals surface area contributed by atoms with Crippen molar-refractivity contribution in [3.05, 3.63) is 17.7 Å². The number of hydrogen-bond acceptors (Lipinski definition) is 4. The number of nitrogens with one attached hydrogen (secondary N) is 2. The highest BCUT2D eigenvalue weighted by Crippen LogP contribution is 2.28. The Labute approximate surface area is 111 Å². The summed E-state index contributed by atoms with van der Waals surface area (Å²) in [4.78, 5) is 3.88. The van der Waals surface area contributed by atoms with E-state index in [1.165, 1.54) is 12.8 Å². The van der Waals surface area contributed by atoms with E-state index in [-0.39, 0.29) is 11.6 Å². The second kappa shape index (κ2) is 6.65. The lowest BCUT2D eigenvalue weighted by molar-refractivity contribution is 0.134. The molecule has 1 aromatic heterocycles. The van der Waals surface area contributed by atoms with Gasteiger partial charge in [-0.25, -0.2) is 13.8 Å². The molecule has 0 saturated heterocycles. The van der Waals surface area contributed by atoms with Gasteiger partial charge in [0.1, 0.15) is 0 Å². The molecule has 0 bridgehead atoms. The first-order chi connectivity index (χ1) is 9.20. The molecule has 0 aromatic carbocycles. The number of pyridine rings is 1. The zero-order valence-corrected chi connectivity index (χ0v) is 11.0. The molecule has 0 amide bonds. The van der Waals surface area contributed by atoms with E-state index in [1.807, 2.05) is 6.92 Å². The number of ether oxygens (including phenoxy) is 1. The smallest absolute Gasteiger partial charge is 0.168 e. The molecule has 4 nitrogen and oxygen atoms in total. The molecule has 0 radical (unpaired) electrons. The second-order valence-electron chi connectivity index (χ2n) is 4.62. The first-order valence-corrected chi connectivity index (χ1v) is 6.62. The maximum Gasteiger partial charge on any atom is 0.168 e. The number of nitrogens with zero attached hydrogens (tertiary/aromatic N) is 1. The third kappa shape index (κ3) is 4.31. The molecule has 0 atom stereocenters. The van der Waals surface area contributed by atoms with Crippen LogP contribution in [-0.4, -0.2) is 31.3 Å². The van der Waals surface area contributed by atoms with Crippen LogP contribution >= 0.6 is 0 Å². The molecule has 2 rings (SSSR count). The summed E-state index contributed by atoms with van der Waals surface area (Å²) in [5.74, 6) is -0.560. The summed E-state index contributed by atoms with van der Waals surface area (Å²) in [6, 6.07) is 0.832. The van der Waals surface area contributed by atoms with Crippen molar-refractivity contribution in [2.24, 2.45) is 5.92 Å². The molecule has 0 aliphatic heterocycles. The van der Waals surface area contributed by atoms with Crippen LogP contribution in [-0.2, 0) is 4.74 Å². The summed E-state index contributed by atoms with van der Waals surface area (Å²) in [7, 11) is 0. The molecule has 6 heteroatoms. The first-order valence-electron chi connectivity index (χ1n) is 6.62. The van der Waals surface area contributed by atoms with Gasteiger partial charge >= 0.3 is 0 Å². The Morgan fingerprint density at radius 3 is 2.58 bits per heavy atom. The van der Waals surface area contributed by atoms with E-state index in [9.17, 15) is 8.78 Å². The fourth-order valence-electron chi connectivity index (χ4n) is 1.66. The number of hydrogen-bond donors (Lipinski definition) is 2. The van der Waals surface area contributed by atoms with E-state index < -0.39 is 11.6 Å². The van der Waals surface area contributed by atoms with Gasteiger partial charge in [-0.15, -0.1) is 0 Å². The monoisotopic (exact) mass is 271 g/mol. The van der Waals surface area contributed by atoms with Crippen molar-refractivity contribution in [2.45, 2.75) is 19.8 Å². The largest absolute Gasteiger partial charge is 0.379 e. The molecular weight excluding hydrogens is 252 g/mol. The third-order valence-corrected chi connectivity index (χ3v) is 2.86. The summed E-state index contributed by atoms with van der Waals surface area (Å²) in [5.41, 5.74) is 0. The Bertz CT molecular complexity index is 425. The van der Waals surface area contributed by atoms with Crippen LogP contribution in [0.3, 0.4) is 0 Å². The number of halogens is 2. The Morgan fingerprint density at radius 2 is 1.95 bits per heavy atom. The Balaban J connectivity index is 1.81. The number of anilines is 2. The van der Waals surface area contributed by atoms with Gasteiger partial charge in [0, 0.05) is 25.8 Å². The van der Waals surface area contributed by atoms with E-state index in [2.05, 4.69) is 15.6 Å². The highest BCUT2D eigenvalue weighted by atomic mass is 19.1. The van der Waals surface area contributed by atoms with Gasteiger partial charge in [0.2, 0.25) is 0 Å². The highest BCUT2D eigenvalue weighted by Gasteiger charge is 2.20. The SMILES string of the molecule is CCNc1nc(NCCOCC2CC2)c(F)cc1F. The van der Waals surface area contributed by atoms with Gasteiger partial charge in [-0.2, -0.15) is 0 Å². The summed E-state index contributed by atoms with van der Waals surface area (Å²) in [5, 5.41) is 5.56. The van der Waals surface area contributed by atoms with Gasteiger partial charge in [0.25, 0.3) is 0 Å². The van der Waals surface area contributed by atoms with Crippen LogP contribution in [0.2, 0.25) is 0 Å². The molecule has 1 heterocycles. The molecule has 0 unspecified atom stereocenters. The molecule has 2 N–H and O–H groups in total. The Hall–Kier alpha value is -1.43. The Kier molecular flexibility index (Phi) is 4.90. The Morgan fingerprint density at radius 1 is 1.26 bits per heavy atom. The van der Waals surface area contributed by atoms with Gasteiger partial charge in [-0.1, -0.05) is 0 Å². The number of rotatable bonds is 8. The predicted molar refractivity (Wildman–Crippen MR) is 70.3 cm³/mol. The van der Waals surface area contributed by atoms with Gasteiger partial charge in [-0.05, 0) is 25.7 Å². The van der Waals surface area contributed by atoms with E-state index in [0.29, 0.717) is 25.6 Å². The quantitative estimate of drug-likeness (QED) is 0.714. The van der Waals surface area contributed by atoms with Crippen LogP contribution < -0.4 is 10.6 Å². The predicted octanol–water partition coefficient (Wildman–Crippen LogP) is 2.63.